The van der Waals surface area contributed by atoms with Gasteiger partial charge in [-0.2, -0.15) is 0 Å². The molecule has 0 radical (unpaired) electrons. The predicted molar refractivity (Wildman–Crippen MR) is 75.5 cm³/mol. The Bertz CT molecular complexity index is 791. The molecule has 3 rings (SSSR count). The summed E-state index contributed by atoms with van der Waals surface area (Å²) < 4.78 is 0. The molecule has 0 fully saturated rings. The van der Waals surface area contributed by atoms with Crippen molar-refractivity contribution in [1.82, 2.24) is 15.0 Å². The third kappa shape index (κ3) is 2.42. The third-order valence-corrected chi connectivity index (χ3v) is 2.77. The lowest BCUT2D eigenvalue weighted by Gasteiger charge is -1.98. The molecule has 1 aromatic carbocycles. The average molecular weight is 249 g/mol. The molecule has 2 heterocycles. The number of H-pyrrole nitrogens is 1. The topological polar surface area (TPSA) is 58.6 Å². The molecule has 0 atom stereocenters. The molecule has 4 nitrogen and oxygen atoms in total. The molecule has 1 N–H and O–H groups in total. The van der Waals surface area contributed by atoms with E-state index in [2.05, 4.69) is 15.0 Å². The van der Waals surface area contributed by atoms with Crippen LogP contribution in [0.1, 0.15) is 11.4 Å². The number of nitrogens with zero attached hydrogens (tertiary/aromatic N) is 2. The van der Waals surface area contributed by atoms with Gasteiger partial charge >= 0.3 is 0 Å². The van der Waals surface area contributed by atoms with Crippen molar-refractivity contribution in [3.05, 3.63) is 70.5 Å². The smallest absolute Gasteiger partial charge is 0.259 e. The number of para-hydroxylation sites is 1. The Kier molecular flexibility index (Phi) is 2.90. The van der Waals surface area contributed by atoms with Gasteiger partial charge < -0.3 is 4.98 Å². The molecule has 0 amide bonds. The quantitative estimate of drug-likeness (QED) is 0.759. The second kappa shape index (κ2) is 4.86. The molecule has 92 valence electrons. The van der Waals surface area contributed by atoms with E-state index in [1.165, 1.54) is 0 Å². The highest BCUT2D eigenvalue weighted by atomic mass is 16.1. The summed E-state index contributed by atoms with van der Waals surface area (Å²) >= 11 is 0. The first-order chi connectivity index (χ1) is 9.33. The summed E-state index contributed by atoms with van der Waals surface area (Å²) in [5, 5.41) is 0.601. The Morgan fingerprint density at radius 1 is 1.00 bits per heavy atom. The maximum atomic E-state index is 11.9. The molecule has 0 aliphatic carbocycles. The van der Waals surface area contributed by atoms with E-state index in [1.54, 1.807) is 24.5 Å². The zero-order valence-electron chi connectivity index (χ0n) is 10.1. The summed E-state index contributed by atoms with van der Waals surface area (Å²) in [6.45, 7) is 0. The summed E-state index contributed by atoms with van der Waals surface area (Å²) in [6.07, 6.45) is 7.10. The Hall–Kier alpha value is -2.75. The van der Waals surface area contributed by atoms with Crippen molar-refractivity contribution < 1.29 is 0 Å². The van der Waals surface area contributed by atoms with Crippen LogP contribution in [0.2, 0.25) is 0 Å². The Balaban J connectivity index is 2.02. The van der Waals surface area contributed by atoms with E-state index in [-0.39, 0.29) is 5.56 Å². The number of fused-ring (bicyclic) bond motifs is 1. The molecule has 4 heteroatoms. The Morgan fingerprint density at radius 2 is 1.79 bits per heavy atom. The fraction of sp³-hybridized carbons (Fsp3) is 0. The van der Waals surface area contributed by atoms with E-state index in [0.717, 1.165) is 5.56 Å². The van der Waals surface area contributed by atoms with Gasteiger partial charge in [-0.15, -0.1) is 0 Å². The van der Waals surface area contributed by atoms with Gasteiger partial charge in [0.05, 0.1) is 10.9 Å². The van der Waals surface area contributed by atoms with Crippen molar-refractivity contribution in [3.63, 3.8) is 0 Å². The van der Waals surface area contributed by atoms with Crippen molar-refractivity contribution in [3.8, 4) is 0 Å². The van der Waals surface area contributed by atoms with Crippen LogP contribution in [0.3, 0.4) is 0 Å². The zero-order chi connectivity index (χ0) is 13.1. The molecule has 3 aromatic rings. The molecule has 0 spiro atoms. The van der Waals surface area contributed by atoms with Crippen LogP contribution in [-0.2, 0) is 0 Å². The van der Waals surface area contributed by atoms with Crippen molar-refractivity contribution >= 4 is 23.1 Å². The van der Waals surface area contributed by atoms with Gasteiger partial charge in [0.25, 0.3) is 5.56 Å². The molecule has 0 unspecified atom stereocenters. The number of rotatable bonds is 2. The predicted octanol–water partition coefficient (Wildman–Crippen LogP) is 2.49. The molecule has 0 saturated carbocycles. The summed E-state index contributed by atoms with van der Waals surface area (Å²) in [7, 11) is 0. The molecule has 0 aliphatic rings. The van der Waals surface area contributed by atoms with Crippen LogP contribution in [0.4, 0.5) is 0 Å². The minimum atomic E-state index is -0.125. The normalized spacial score (nSPS) is 11.2. The number of hydrogen-bond acceptors (Lipinski definition) is 3. The molecule has 2 aromatic heterocycles. The molecule has 0 saturated heterocycles. The van der Waals surface area contributed by atoms with Crippen LogP contribution in [0, 0.1) is 0 Å². The molecular weight excluding hydrogens is 238 g/mol. The average Bonchev–Trinajstić information content (AvgIpc) is 2.46. The number of benzene rings is 1. The number of nitrogens with one attached hydrogen (secondary N) is 1. The van der Waals surface area contributed by atoms with Gasteiger partial charge in [0.1, 0.15) is 5.82 Å². The van der Waals surface area contributed by atoms with Gasteiger partial charge in [-0.3, -0.25) is 9.78 Å². The summed E-state index contributed by atoms with van der Waals surface area (Å²) in [4.78, 5) is 23.0. The van der Waals surface area contributed by atoms with E-state index >= 15 is 0 Å². The van der Waals surface area contributed by atoms with E-state index in [9.17, 15) is 4.79 Å². The molecular formula is C15H11N3O. The van der Waals surface area contributed by atoms with Gasteiger partial charge in [-0.05, 0) is 35.9 Å². The maximum absolute atomic E-state index is 11.9. The van der Waals surface area contributed by atoms with Crippen molar-refractivity contribution in [1.29, 1.82) is 0 Å². The van der Waals surface area contributed by atoms with Crippen molar-refractivity contribution in [2.75, 3.05) is 0 Å². The van der Waals surface area contributed by atoms with Crippen LogP contribution < -0.4 is 5.56 Å². The fourth-order valence-electron chi connectivity index (χ4n) is 1.83. The number of hydrogen-bond donors (Lipinski definition) is 1. The van der Waals surface area contributed by atoms with Crippen LogP contribution >= 0.6 is 0 Å². The summed E-state index contributed by atoms with van der Waals surface area (Å²) in [5.74, 6) is 0.542. The van der Waals surface area contributed by atoms with Crippen LogP contribution in [-0.4, -0.2) is 15.0 Å². The van der Waals surface area contributed by atoms with E-state index in [1.807, 2.05) is 36.4 Å². The first-order valence-electron chi connectivity index (χ1n) is 5.90. The minimum Gasteiger partial charge on any atom is -0.306 e. The van der Waals surface area contributed by atoms with Crippen LogP contribution in [0.15, 0.2) is 53.6 Å². The van der Waals surface area contributed by atoms with Gasteiger partial charge in [0, 0.05) is 12.4 Å². The molecule has 0 aliphatic heterocycles. The lowest BCUT2D eigenvalue weighted by Crippen LogP contribution is -2.09. The van der Waals surface area contributed by atoms with Gasteiger partial charge in [0.2, 0.25) is 0 Å². The van der Waals surface area contributed by atoms with E-state index < -0.39 is 0 Å². The summed E-state index contributed by atoms with van der Waals surface area (Å²) in [6, 6.07) is 11.0. The minimum absolute atomic E-state index is 0.125. The van der Waals surface area contributed by atoms with Crippen molar-refractivity contribution in [2.45, 2.75) is 0 Å². The number of pyridine rings is 1. The monoisotopic (exact) mass is 249 g/mol. The lowest BCUT2D eigenvalue weighted by molar-refractivity contribution is 1.14. The fourth-order valence-corrected chi connectivity index (χ4v) is 1.83. The highest BCUT2D eigenvalue weighted by Crippen LogP contribution is 2.08. The molecule has 0 bridgehead atoms. The SMILES string of the molecule is O=c1[nH]c(/C=C/c2ccncc2)nc2ccccc12. The van der Waals surface area contributed by atoms with Crippen LogP contribution in [0.5, 0.6) is 0 Å². The van der Waals surface area contributed by atoms with Crippen molar-refractivity contribution in [2.24, 2.45) is 0 Å². The van der Waals surface area contributed by atoms with E-state index in [4.69, 9.17) is 0 Å². The Morgan fingerprint density at radius 3 is 2.63 bits per heavy atom. The Labute approximate surface area is 109 Å². The van der Waals surface area contributed by atoms with Gasteiger partial charge in [-0.25, -0.2) is 4.98 Å². The lowest BCUT2D eigenvalue weighted by atomic mass is 10.2. The maximum Gasteiger partial charge on any atom is 0.259 e. The standard InChI is InChI=1S/C15H11N3O/c19-15-12-3-1-2-4-13(12)17-14(18-15)6-5-11-7-9-16-10-8-11/h1-10H,(H,17,18,19)/b6-5+. The summed E-state index contributed by atoms with van der Waals surface area (Å²) in [5.41, 5.74) is 1.58. The first-order valence-corrected chi connectivity index (χ1v) is 5.90. The van der Waals surface area contributed by atoms with Gasteiger partial charge in [-0.1, -0.05) is 18.2 Å². The number of aromatic amines is 1. The highest BCUT2D eigenvalue weighted by Gasteiger charge is 2.00. The second-order valence-corrected chi connectivity index (χ2v) is 4.08. The highest BCUT2D eigenvalue weighted by molar-refractivity contribution is 5.78. The zero-order valence-corrected chi connectivity index (χ0v) is 10.1. The first kappa shape index (κ1) is 11.3. The number of aromatic nitrogens is 3. The van der Waals surface area contributed by atoms with Gasteiger partial charge in [0.15, 0.2) is 0 Å². The largest absolute Gasteiger partial charge is 0.306 e. The second-order valence-electron chi connectivity index (χ2n) is 4.08. The molecule has 19 heavy (non-hydrogen) atoms. The van der Waals surface area contributed by atoms with E-state index in [0.29, 0.717) is 16.7 Å². The van der Waals surface area contributed by atoms with Crippen LogP contribution in [0.25, 0.3) is 23.1 Å². The third-order valence-electron chi connectivity index (χ3n) is 2.77.